The van der Waals surface area contributed by atoms with Crippen LogP contribution in [0.1, 0.15) is 44.2 Å². The maximum atomic E-state index is 12.8. The summed E-state index contributed by atoms with van der Waals surface area (Å²) in [5, 5.41) is 7.55. The van der Waals surface area contributed by atoms with Crippen molar-refractivity contribution in [1.82, 2.24) is 14.7 Å². The van der Waals surface area contributed by atoms with Gasteiger partial charge in [-0.2, -0.15) is 5.10 Å². The molecule has 1 amide bonds. The molecule has 0 spiro atoms. The molecule has 2 heterocycles. The molecule has 2 aliphatic rings. The Hall–Kier alpha value is -2.34. The lowest BCUT2D eigenvalue weighted by atomic mass is 10.1. The van der Waals surface area contributed by atoms with Crippen molar-refractivity contribution in [2.75, 3.05) is 30.4 Å². The normalized spacial score (nSPS) is 21.1. The second-order valence-corrected chi connectivity index (χ2v) is 7.91. The van der Waals surface area contributed by atoms with Crippen LogP contribution in [0.3, 0.4) is 0 Å². The van der Waals surface area contributed by atoms with Crippen LogP contribution in [0.2, 0.25) is 0 Å². The number of nitrogens with one attached hydrogen (secondary N) is 1. The van der Waals surface area contributed by atoms with E-state index in [0.29, 0.717) is 18.6 Å². The third-order valence-electron chi connectivity index (χ3n) is 5.89. The van der Waals surface area contributed by atoms with Gasteiger partial charge in [0.05, 0.1) is 18.8 Å². The molecule has 0 unspecified atom stereocenters. The lowest BCUT2D eigenvalue weighted by Crippen LogP contribution is -2.42. The van der Waals surface area contributed by atoms with Gasteiger partial charge in [0.1, 0.15) is 5.82 Å². The van der Waals surface area contributed by atoms with Gasteiger partial charge in [-0.25, -0.2) is 4.68 Å². The van der Waals surface area contributed by atoms with Gasteiger partial charge < -0.3 is 10.2 Å². The molecule has 0 radical (unpaired) electrons. The number of anilines is 2. The quantitative estimate of drug-likeness (QED) is 0.901. The van der Waals surface area contributed by atoms with Crippen molar-refractivity contribution in [3.63, 3.8) is 0 Å². The SMILES string of the molecule is C[C@H]1CN(C)c2ccccc2CN1CC(=O)Nc1ccnn1C1CCCC1. The molecule has 0 bridgehead atoms. The highest BCUT2D eigenvalue weighted by atomic mass is 16.2. The number of carbonyl (C=O) groups is 1. The van der Waals surface area contributed by atoms with E-state index in [0.717, 1.165) is 31.7 Å². The molecule has 2 aromatic rings. The van der Waals surface area contributed by atoms with Gasteiger partial charge in [0.2, 0.25) is 5.91 Å². The van der Waals surface area contributed by atoms with Gasteiger partial charge >= 0.3 is 0 Å². The van der Waals surface area contributed by atoms with Crippen molar-refractivity contribution >= 4 is 17.4 Å². The van der Waals surface area contributed by atoms with Gasteiger partial charge in [-0.15, -0.1) is 0 Å². The summed E-state index contributed by atoms with van der Waals surface area (Å²) in [6.07, 6.45) is 6.58. The Bertz CT molecular complexity index is 795. The van der Waals surface area contributed by atoms with E-state index in [4.69, 9.17) is 0 Å². The number of benzene rings is 1. The Morgan fingerprint density at radius 1 is 1.22 bits per heavy atom. The number of para-hydroxylation sites is 1. The van der Waals surface area contributed by atoms with Crippen molar-refractivity contribution in [2.24, 2.45) is 0 Å². The first-order valence-corrected chi connectivity index (χ1v) is 9.98. The van der Waals surface area contributed by atoms with Crippen LogP contribution in [0, 0.1) is 0 Å². The van der Waals surface area contributed by atoms with Crippen molar-refractivity contribution in [1.29, 1.82) is 0 Å². The zero-order valence-electron chi connectivity index (χ0n) is 16.3. The molecule has 1 fully saturated rings. The van der Waals surface area contributed by atoms with Gasteiger partial charge in [0, 0.05) is 37.9 Å². The van der Waals surface area contributed by atoms with Crippen molar-refractivity contribution < 1.29 is 4.79 Å². The zero-order chi connectivity index (χ0) is 18.8. The fraction of sp³-hybridized carbons (Fsp3) is 0.524. The van der Waals surface area contributed by atoms with Crippen molar-refractivity contribution in [3.05, 3.63) is 42.1 Å². The summed E-state index contributed by atoms with van der Waals surface area (Å²) in [6, 6.07) is 11.1. The highest BCUT2D eigenvalue weighted by Gasteiger charge is 2.26. The predicted octanol–water partition coefficient (Wildman–Crippen LogP) is 3.28. The summed E-state index contributed by atoms with van der Waals surface area (Å²) < 4.78 is 2.00. The first-order chi connectivity index (χ1) is 13.1. The van der Waals surface area contributed by atoms with Crippen LogP contribution in [-0.4, -0.2) is 46.8 Å². The first kappa shape index (κ1) is 18.0. The lowest BCUT2D eigenvalue weighted by molar-refractivity contribution is -0.117. The molecule has 0 saturated heterocycles. The Morgan fingerprint density at radius 3 is 2.81 bits per heavy atom. The molecule has 27 heavy (non-hydrogen) atoms. The lowest BCUT2D eigenvalue weighted by Gasteiger charge is -2.27. The summed E-state index contributed by atoms with van der Waals surface area (Å²) in [4.78, 5) is 17.3. The monoisotopic (exact) mass is 367 g/mol. The third-order valence-corrected chi connectivity index (χ3v) is 5.89. The van der Waals surface area contributed by atoms with Crippen LogP contribution in [-0.2, 0) is 11.3 Å². The van der Waals surface area contributed by atoms with Gasteiger partial charge in [-0.05, 0) is 31.4 Å². The van der Waals surface area contributed by atoms with E-state index in [1.54, 1.807) is 6.20 Å². The summed E-state index contributed by atoms with van der Waals surface area (Å²) in [5.74, 6) is 0.857. The van der Waals surface area contributed by atoms with E-state index < -0.39 is 0 Å². The first-order valence-electron chi connectivity index (χ1n) is 9.98. The van der Waals surface area contributed by atoms with Gasteiger partial charge in [-0.3, -0.25) is 9.69 Å². The van der Waals surface area contributed by atoms with E-state index in [1.807, 2.05) is 10.7 Å². The van der Waals surface area contributed by atoms with E-state index >= 15 is 0 Å². The van der Waals surface area contributed by atoms with Crippen molar-refractivity contribution in [3.8, 4) is 0 Å². The van der Waals surface area contributed by atoms with E-state index in [1.165, 1.54) is 24.1 Å². The average molecular weight is 367 g/mol. The van der Waals surface area contributed by atoms with Crippen LogP contribution in [0.4, 0.5) is 11.5 Å². The number of carbonyl (C=O) groups excluding carboxylic acids is 1. The molecule has 1 N–H and O–H groups in total. The summed E-state index contributed by atoms with van der Waals surface area (Å²) >= 11 is 0. The van der Waals surface area contributed by atoms with Crippen LogP contribution in [0.25, 0.3) is 0 Å². The Kier molecular flexibility index (Phi) is 5.16. The van der Waals surface area contributed by atoms with Crippen LogP contribution < -0.4 is 10.2 Å². The third kappa shape index (κ3) is 3.86. The minimum absolute atomic E-state index is 0.0311. The smallest absolute Gasteiger partial charge is 0.239 e. The second kappa shape index (κ2) is 7.72. The molecular formula is C21H29N5O. The predicted molar refractivity (Wildman–Crippen MR) is 108 cm³/mol. The zero-order valence-corrected chi connectivity index (χ0v) is 16.3. The Labute approximate surface area is 161 Å². The minimum atomic E-state index is 0.0311. The second-order valence-electron chi connectivity index (χ2n) is 7.91. The van der Waals surface area contributed by atoms with Crippen LogP contribution >= 0.6 is 0 Å². The van der Waals surface area contributed by atoms with Crippen LogP contribution in [0.5, 0.6) is 0 Å². The van der Waals surface area contributed by atoms with Gasteiger partial charge in [0.15, 0.2) is 0 Å². The fourth-order valence-electron chi connectivity index (χ4n) is 4.43. The maximum absolute atomic E-state index is 12.8. The topological polar surface area (TPSA) is 53.4 Å². The molecule has 1 aromatic heterocycles. The standard InChI is InChI=1S/C21H29N5O/c1-16-13-24(2)19-10-6-3-7-17(19)14-25(16)15-21(27)23-20-11-12-22-26(20)18-8-4-5-9-18/h3,6-7,10-12,16,18H,4-5,8-9,13-15H2,1-2H3,(H,23,27)/t16-/m0/s1. The molecular weight excluding hydrogens is 338 g/mol. The number of hydrogen-bond acceptors (Lipinski definition) is 4. The van der Waals surface area contributed by atoms with E-state index in [-0.39, 0.29) is 5.91 Å². The molecule has 6 nitrogen and oxygen atoms in total. The average Bonchev–Trinajstić information content (AvgIpc) is 3.30. The Balaban J connectivity index is 1.44. The molecule has 1 aliphatic carbocycles. The van der Waals surface area contributed by atoms with Gasteiger partial charge in [-0.1, -0.05) is 31.0 Å². The fourth-order valence-corrected chi connectivity index (χ4v) is 4.43. The van der Waals surface area contributed by atoms with Gasteiger partial charge in [0.25, 0.3) is 0 Å². The summed E-state index contributed by atoms with van der Waals surface area (Å²) in [5.41, 5.74) is 2.53. The maximum Gasteiger partial charge on any atom is 0.239 e. The Morgan fingerprint density at radius 2 is 2.00 bits per heavy atom. The minimum Gasteiger partial charge on any atom is -0.373 e. The van der Waals surface area contributed by atoms with E-state index in [2.05, 4.69) is 58.5 Å². The molecule has 1 atom stereocenters. The molecule has 4 rings (SSSR count). The van der Waals surface area contributed by atoms with Crippen molar-refractivity contribution in [2.45, 2.75) is 51.2 Å². The summed E-state index contributed by atoms with van der Waals surface area (Å²) in [6.45, 7) is 4.28. The molecule has 1 aliphatic heterocycles. The van der Waals surface area contributed by atoms with Crippen LogP contribution in [0.15, 0.2) is 36.5 Å². The number of hydrogen-bond donors (Lipinski definition) is 1. The highest BCUT2D eigenvalue weighted by molar-refractivity contribution is 5.91. The molecule has 1 saturated carbocycles. The highest BCUT2D eigenvalue weighted by Crippen LogP contribution is 2.31. The van der Waals surface area contributed by atoms with E-state index in [9.17, 15) is 4.79 Å². The largest absolute Gasteiger partial charge is 0.373 e. The number of aromatic nitrogens is 2. The number of nitrogens with zero attached hydrogens (tertiary/aromatic N) is 4. The number of amides is 1. The number of likely N-dealkylation sites (N-methyl/N-ethyl adjacent to an activating group) is 1. The molecule has 144 valence electrons. The molecule has 6 heteroatoms. The number of fused-ring (bicyclic) bond motifs is 1. The summed E-state index contributed by atoms with van der Waals surface area (Å²) in [7, 11) is 2.12. The number of rotatable bonds is 4. The molecule has 1 aromatic carbocycles.